The highest BCUT2D eigenvalue weighted by Crippen LogP contribution is 2.41. The first-order chi connectivity index (χ1) is 14.0. The zero-order valence-corrected chi connectivity index (χ0v) is 15.7. The van der Waals surface area contributed by atoms with Crippen molar-refractivity contribution in [2.24, 2.45) is 0 Å². The molecule has 0 amide bonds. The second-order valence-corrected chi connectivity index (χ2v) is 7.62. The van der Waals surface area contributed by atoms with Crippen molar-refractivity contribution in [3.8, 4) is 0 Å². The molecule has 0 bridgehead atoms. The molecule has 1 saturated carbocycles. The summed E-state index contributed by atoms with van der Waals surface area (Å²) in [5, 5.41) is 19.4. The van der Waals surface area contributed by atoms with Crippen molar-refractivity contribution in [3.63, 3.8) is 0 Å². The molecule has 2 heterocycles. The van der Waals surface area contributed by atoms with Crippen LogP contribution in [-0.2, 0) is 11.5 Å². The van der Waals surface area contributed by atoms with E-state index < -0.39 is 29.4 Å². The lowest BCUT2D eigenvalue weighted by Crippen LogP contribution is -2.32. The lowest BCUT2D eigenvalue weighted by atomic mass is 10.0. The summed E-state index contributed by atoms with van der Waals surface area (Å²) in [5.41, 5.74) is -0.531. The number of pyridine rings is 1. The molecule has 2 fully saturated rings. The molecule has 2 aromatic rings. The molecule has 1 aliphatic carbocycles. The van der Waals surface area contributed by atoms with E-state index in [0.717, 1.165) is 31.7 Å². The normalized spacial score (nSPS) is 19.2. The van der Waals surface area contributed by atoms with E-state index >= 15 is 4.39 Å². The standard InChI is InChI=1S/C20H22F2N2O5/c21-16-8-13-17(15(10-26)18(16)23-6-1-2-11(23)5-7-25)24(12-3-4-12)9-14(19(13)27)20(28)29-22/h8-9,11-12,25-26H,1-7,10H2. The number of carbonyl (C=O) groups is 1. The molecule has 1 aromatic carbocycles. The molecule has 29 heavy (non-hydrogen) atoms. The number of aliphatic hydroxyl groups is 2. The molecule has 4 rings (SSSR count). The molecule has 7 nitrogen and oxygen atoms in total. The predicted molar refractivity (Wildman–Crippen MR) is 101 cm³/mol. The number of fused-ring (bicyclic) bond motifs is 1. The Balaban J connectivity index is 2.01. The van der Waals surface area contributed by atoms with E-state index in [-0.39, 0.29) is 35.3 Å². The van der Waals surface area contributed by atoms with E-state index in [2.05, 4.69) is 4.94 Å². The Hall–Kier alpha value is -2.52. The molecule has 1 aromatic heterocycles. The molecule has 156 valence electrons. The van der Waals surface area contributed by atoms with Crippen molar-refractivity contribution >= 4 is 22.6 Å². The molecular formula is C20H22F2N2O5. The van der Waals surface area contributed by atoms with Crippen LogP contribution in [-0.4, -0.2) is 39.9 Å². The summed E-state index contributed by atoms with van der Waals surface area (Å²) in [6.45, 7) is 0.0251. The monoisotopic (exact) mass is 408 g/mol. The van der Waals surface area contributed by atoms with Gasteiger partial charge in [-0.1, -0.05) is 0 Å². The highest BCUT2D eigenvalue weighted by Gasteiger charge is 2.33. The molecule has 1 unspecified atom stereocenters. The fourth-order valence-electron chi connectivity index (χ4n) is 4.42. The third-order valence-electron chi connectivity index (χ3n) is 5.85. The first-order valence-electron chi connectivity index (χ1n) is 9.73. The fraction of sp³-hybridized carbons (Fsp3) is 0.500. The molecule has 0 radical (unpaired) electrons. The van der Waals surface area contributed by atoms with Gasteiger partial charge in [-0.3, -0.25) is 4.79 Å². The summed E-state index contributed by atoms with van der Waals surface area (Å²) in [7, 11) is 0. The number of benzene rings is 1. The summed E-state index contributed by atoms with van der Waals surface area (Å²) >= 11 is 0. The number of aromatic nitrogens is 1. The predicted octanol–water partition coefficient (Wildman–Crippen LogP) is 2.36. The lowest BCUT2D eigenvalue weighted by molar-refractivity contribution is -0.0789. The second kappa shape index (κ2) is 7.72. The van der Waals surface area contributed by atoms with Crippen LogP contribution < -0.4 is 10.3 Å². The number of nitrogens with zero attached hydrogens (tertiary/aromatic N) is 2. The quantitative estimate of drug-likeness (QED) is 0.763. The Morgan fingerprint density at radius 2 is 2.03 bits per heavy atom. The Labute approximate surface area is 165 Å². The van der Waals surface area contributed by atoms with Gasteiger partial charge in [-0.2, -0.15) is 0 Å². The first kappa shape index (κ1) is 19.8. The molecule has 2 aliphatic rings. The highest BCUT2D eigenvalue weighted by molar-refractivity contribution is 5.96. The van der Waals surface area contributed by atoms with Crippen LogP contribution >= 0.6 is 0 Å². The van der Waals surface area contributed by atoms with Crippen LogP contribution in [0.5, 0.6) is 0 Å². The maximum atomic E-state index is 15.2. The van der Waals surface area contributed by atoms with Crippen LogP contribution in [0.25, 0.3) is 10.9 Å². The van der Waals surface area contributed by atoms with E-state index in [1.165, 1.54) is 6.20 Å². The maximum absolute atomic E-state index is 15.2. The third kappa shape index (κ3) is 3.28. The van der Waals surface area contributed by atoms with Crippen molar-refractivity contribution < 1.29 is 28.9 Å². The van der Waals surface area contributed by atoms with E-state index in [1.807, 2.05) is 4.90 Å². The Kier molecular flexibility index (Phi) is 5.26. The number of rotatable bonds is 6. The smallest absolute Gasteiger partial charge is 0.384 e. The summed E-state index contributed by atoms with van der Waals surface area (Å²) < 4.78 is 29.3. The minimum atomic E-state index is -1.43. The molecule has 2 N–H and O–H groups in total. The highest BCUT2D eigenvalue weighted by atomic mass is 19.3. The van der Waals surface area contributed by atoms with Gasteiger partial charge in [-0.05, 0) is 38.2 Å². The lowest BCUT2D eigenvalue weighted by Gasteiger charge is -2.30. The average molecular weight is 408 g/mol. The molecule has 0 spiro atoms. The zero-order chi connectivity index (χ0) is 20.7. The fourth-order valence-corrected chi connectivity index (χ4v) is 4.42. The summed E-state index contributed by atoms with van der Waals surface area (Å²) in [5.74, 6) is -2.12. The van der Waals surface area contributed by atoms with Crippen LogP contribution in [0.1, 0.15) is 54.1 Å². The minimum absolute atomic E-state index is 0.0281. The Bertz CT molecular complexity index is 1020. The number of hydrogen-bond acceptors (Lipinski definition) is 6. The van der Waals surface area contributed by atoms with Crippen molar-refractivity contribution in [1.82, 2.24) is 4.57 Å². The van der Waals surface area contributed by atoms with E-state index in [0.29, 0.717) is 18.5 Å². The Morgan fingerprint density at radius 1 is 1.28 bits per heavy atom. The first-order valence-corrected chi connectivity index (χ1v) is 9.73. The van der Waals surface area contributed by atoms with E-state index in [4.69, 9.17) is 0 Å². The molecule has 1 saturated heterocycles. The number of halogens is 2. The summed E-state index contributed by atoms with van der Waals surface area (Å²) in [6.07, 6.45) is 4.90. The average Bonchev–Trinajstić information content (AvgIpc) is 3.47. The van der Waals surface area contributed by atoms with Crippen molar-refractivity contribution in [2.75, 3.05) is 18.1 Å². The van der Waals surface area contributed by atoms with Crippen LogP contribution in [0, 0.1) is 5.82 Å². The van der Waals surface area contributed by atoms with Crippen LogP contribution in [0.3, 0.4) is 0 Å². The van der Waals surface area contributed by atoms with E-state index in [1.54, 1.807) is 4.57 Å². The topological polar surface area (TPSA) is 92.0 Å². The third-order valence-corrected chi connectivity index (χ3v) is 5.85. The van der Waals surface area contributed by atoms with Gasteiger partial charge in [0.05, 0.1) is 17.8 Å². The van der Waals surface area contributed by atoms with Gasteiger partial charge in [0.25, 0.3) is 0 Å². The molecular weight excluding hydrogens is 386 g/mol. The van der Waals surface area contributed by atoms with Crippen molar-refractivity contribution in [2.45, 2.75) is 50.8 Å². The maximum Gasteiger partial charge on any atom is 0.384 e. The van der Waals surface area contributed by atoms with Gasteiger partial charge in [-0.15, -0.1) is 0 Å². The van der Waals surface area contributed by atoms with Gasteiger partial charge >= 0.3 is 5.97 Å². The largest absolute Gasteiger partial charge is 0.396 e. The van der Waals surface area contributed by atoms with Gasteiger partial charge in [-0.25, -0.2) is 14.1 Å². The summed E-state index contributed by atoms with van der Waals surface area (Å²) in [6, 6.07) is 0.952. The number of carbonyl (C=O) groups excluding carboxylic acids is 1. The SMILES string of the molecule is O=C(OF)c1cn(C2CC2)c2c(CO)c(N3CCCC3CCO)c(F)cc2c1=O. The van der Waals surface area contributed by atoms with Crippen LogP contribution in [0.15, 0.2) is 17.1 Å². The molecule has 1 aliphatic heterocycles. The van der Waals surface area contributed by atoms with Crippen LogP contribution in [0.2, 0.25) is 0 Å². The summed E-state index contributed by atoms with van der Waals surface area (Å²) in [4.78, 5) is 29.5. The van der Waals surface area contributed by atoms with Crippen molar-refractivity contribution in [3.05, 3.63) is 39.4 Å². The second-order valence-electron chi connectivity index (χ2n) is 7.62. The van der Waals surface area contributed by atoms with Crippen molar-refractivity contribution in [1.29, 1.82) is 0 Å². The molecule has 1 atom stereocenters. The van der Waals surface area contributed by atoms with Gasteiger partial charge in [0.2, 0.25) is 5.43 Å². The van der Waals surface area contributed by atoms with Gasteiger partial charge in [0, 0.05) is 46.9 Å². The minimum Gasteiger partial charge on any atom is -0.396 e. The van der Waals surface area contributed by atoms with Gasteiger partial charge in [0.15, 0.2) is 0 Å². The van der Waals surface area contributed by atoms with E-state index in [9.17, 15) is 24.3 Å². The number of anilines is 1. The van der Waals surface area contributed by atoms with Crippen LogP contribution in [0.4, 0.5) is 14.6 Å². The van der Waals surface area contributed by atoms with Gasteiger partial charge < -0.3 is 19.7 Å². The zero-order valence-electron chi connectivity index (χ0n) is 15.7. The number of hydrogen-bond donors (Lipinski definition) is 2. The van der Waals surface area contributed by atoms with Gasteiger partial charge in [0.1, 0.15) is 11.4 Å². The molecule has 9 heteroatoms. The Morgan fingerprint density at radius 3 is 2.66 bits per heavy atom. The number of aliphatic hydroxyl groups excluding tert-OH is 2.